The molecule has 0 saturated carbocycles. The molecule has 0 aliphatic rings. The third-order valence-electron chi connectivity index (χ3n) is 11.0. The molecular weight excluding hydrogens is 883 g/mol. The number of hydrogen-bond donors (Lipinski definition) is 0. The third kappa shape index (κ3) is 13.4. The SMILES string of the molecule is CCCN(CCc1cc(OC)c(OP(C(C)C)C(C)C)c(-c2cc(CCN(CCC)S(=O)(=O)c3ccc(C)cc3)cc(OC)c2OP(C(C)C)C(C)C)c1)S(=O)(=O)c1ccc(C)cc1. The number of ether oxygens (including phenoxy) is 2. The second-order valence-electron chi connectivity index (χ2n) is 17.6. The highest BCUT2D eigenvalue weighted by Gasteiger charge is 2.31. The molecule has 0 aromatic heterocycles. The second kappa shape index (κ2) is 24.0. The number of benzene rings is 4. The number of methoxy groups -OCH3 is 2. The van der Waals surface area contributed by atoms with Gasteiger partial charge in [0.15, 0.2) is 23.0 Å². The van der Waals surface area contributed by atoms with Crippen molar-refractivity contribution in [3.05, 3.63) is 95.1 Å². The van der Waals surface area contributed by atoms with E-state index in [1.165, 1.54) is 0 Å². The van der Waals surface area contributed by atoms with Crippen LogP contribution in [0.4, 0.5) is 0 Å². The van der Waals surface area contributed by atoms with Crippen LogP contribution in [0.25, 0.3) is 11.1 Å². The number of hydrogen-bond acceptors (Lipinski definition) is 8. The highest BCUT2D eigenvalue weighted by Crippen LogP contribution is 2.57. The van der Waals surface area contributed by atoms with Gasteiger partial charge >= 0.3 is 0 Å². The Hall–Kier alpha value is -3.24. The van der Waals surface area contributed by atoms with Crippen LogP contribution in [-0.2, 0) is 32.9 Å². The first-order valence-electron chi connectivity index (χ1n) is 22.7. The zero-order chi connectivity index (χ0) is 47.5. The van der Waals surface area contributed by atoms with Crippen LogP contribution in [0.2, 0.25) is 0 Å². The van der Waals surface area contributed by atoms with Crippen molar-refractivity contribution in [2.75, 3.05) is 40.4 Å². The first-order chi connectivity index (χ1) is 30.2. The minimum Gasteiger partial charge on any atom is -0.493 e. The molecule has 14 heteroatoms. The Labute approximate surface area is 389 Å². The molecule has 0 fully saturated rings. The molecular formula is C50H74N2O8P2S2. The van der Waals surface area contributed by atoms with E-state index in [1.807, 2.05) is 64.1 Å². The summed E-state index contributed by atoms with van der Waals surface area (Å²) in [5.41, 5.74) is 6.10. The van der Waals surface area contributed by atoms with Crippen LogP contribution in [0, 0.1) is 13.8 Å². The summed E-state index contributed by atoms with van der Waals surface area (Å²) in [6, 6.07) is 22.1. The van der Waals surface area contributed by atoms with E-state index in [-0.39, 0.29) is 45.5 Å². The average molecular weight is 957 g/mol. The van der Waals surface area contributed by atoms with Gasteiger partial charge in [-0.1, -0.05) is 105 Å². The number of rotatable bonds is 25. The van der Waals surface area contributed by atoms with Crippen molar-refractivity contribution < 1.29 is 35.4 Å². The van der Waals surface area contributed by atoms with Crippen molar-refractivity contribution >= 4 is 36.3 Å². The Morgan fingerprint density at radius 2 is 0.812 bits per heavy atom. The standard InChI is InChI=1S/C50H74N2O8P2S2/c1-15-27-51(63(53,54)43-21-17-39(11)18-22-43)29-25-41-31-45(49(47(33-41)57-13)59-61(35(3)4)36(5)6)46-32-42(34-48(58-14)50(46)60-62(37(7)8)38(9)10)26-30-52(28-16-2)64(55,56)44-23-19-40(12)20-24-44/h17-24,31-38H,15-16,25-30H2,1-14H3. The molecule has 4 rings (SSSR count). The molecule has 0 atom stereocenters. The summed E-state index contributed by atoms with van der Waals surface area (Å²) in [6.07, 6.45) is 2.12. The fraction of sp³-hybridized carbons (Fsp3) is 0.520. The fourth-order valence-electron chi connectivity index (χ4n) is 7.75. The van der Waals surface area contributed by atoms with Gasteiger partial charge in [-0.25, -0.2) is 16.8 Å². The van der Waals surface area contributed by atoms with Crippen LogP contribution >= 0.6 is 16.3 Å². The highest BCUT2D eigenvalue weighted by molar-refractivity contribution is 7.89. The largest absolute Gasteiger partial charge is 0.493 e. The summed E-state index contributed by atoms with van der Waals surface area (Å²) >= 11 is 0. The maximum absolute atomic E-state index is 14.1. The van der Waals surface area contributed by atoms with Gasteiger partial charge in [0.2, 0.25) is 20.0 Å². The van der Waals surface area contributed by atoms with Crippen molar-refractivity contribution in [3.63, 3.8) is 0 Å². The van der Waals surface area contributed by atoms with Crippen LogP contribution in [0.1, 0.15) is 104 Å². The smallest absolute Gasteiger partial charge is 0.243 e. The Balaban J connectivity index is 1.98. The summed E-state index contributed by atoms with van der Waals surface area (Å²) in [6.45, 7) is 26.5. The summed E-state index contributed by atoms with van der Waals surface area (Å²) < 4.78 is 86.0. The normalized spacial score (nSPS) is 12.5. The first-order valence-corrected chi connectivity index (χ1v) is 28.4. The molecule has 0 bridgehead atoms. The van der Waals surface area contributed by atoms with Gasteiger partial charge in [-0.2, -0.15) is 8.61 Å². The lowest BCUT2D eigenvalue weighted by molar-refractivity contribution is 0.392. The Bertz CT molecular complexity index is 2160. The number of aryl methyl sites for hydroxylation is 2. The van der Waals surface area contributed by atoms with Gasteiger partial charge in [0.1, 0.15) is 0 Å². The van der Waals surface area contributed by atoms with E-state index in [1.54, 1.807) is 47.1 Å². The summed E-state index contributed by atoms with van der Waals surface area (Å²) in [5, 5.41) is 0. The van der Waals surface area contributed by atoms with Crippen molar-refractivity contribution in [2.24, 2.45) is 0 Å². The Kier molecular flexibility index (Phi) is 20.0. The van der Waals surface area contributed by atoms with E-state index in [0.717, 1.165) is 33.4 Å². The lowest BCUT2D eigenvalue weighted by atomic mass is 9.96. The quantitative estimate of drug-likeness (QED) is 0.0604. The molecule has 0 heterocycles. The third-order valence-corrected chi connectivity index (χ3v) is 19.6. The average Bonchev–Trinajstić information content (AvgIpc) is 3.24. The lowest BCUT2D eigenvalue weighted by Crippen LogP contribution is -2.33. The molecule has 0 aliphatic heterocycles. The van der Waals surface area contributed by atoms with E-state index in [2.05, 4.69) is 67.5 Å². The first kappa shape index (κ1) is 53.4. The van der Waals surface area contributed by atoms with Gasteiger partial charge in [-0.15, -0.1) is 0 Å². The van der Waals surface area contributed by atoms with Crippen molar-refractivity contribution in [1.29, 1.82) is 0 Å². The maximum Gasteiger partial charge on any atom is 0.243 e. The molecule has 0 N–H and O–H groups in total. The summed E-state index contributed by atoms with van der Waals surface area (Å²) in [4.78, 5) is 0.539. The Morgan fingerprint density at radius 1 is 0.500 bits per heavy atom. The van der Waals surface area contributed by atoms with Crippen LogP contribution in [-0.4, -0.2) is 88.5 Å². The number of nitrogens with zero attached hydrogens (tertiary/aromatic N) is 2. The monoisotopic (exact) mass is 956 g/mol. The van der Waals surface area contributed by atoms with E-state index >= 15 is 0 Å². The molecule has 0 saturated heterocycles. The van der Waals surface area contributed by atoms with Crippen LogP contribution in [0.3, 0.4) is 0 Å². The van der Waals surface area contributed by atoms with E-state index in [9.17, 15) is 16.8 Å². The van der Waals surface area contributed by atoms with E-state index in [4.69, 9.17) is 18.5 Å². The van der Waals surface area contributed by atoms with Crippen LogP contribution < -0.4 is 18.5 Å². The topological polar surface area (TPSA) is 112 Å². The van der Waals surface area contributed by atoms with Crippen molar-refractivity contribution in [1.82, 2.24) is 8.61 Å². The Morgan fingerprint density at radius 3 is 1.08 bits per heavy atom. The summed E-state index contributed by atoms with van der Waals surface area (Å²) in [5.74, 6) is 2.23. The molecule has 354 valence electrons. The van der Waals surface area contributed by atoms with Crippen LogP contribution in [0.15, 0.2) is 82.6 Å². The minimum absolute atomic E-state index is 0.230. The molecule has 10 nitrogen and oxygen atoms in total. The highest BCUT2D eigenvalue weighted by atomic mass is 32.2. The zero-order valence-corrected chi connectivity index (χ0v) is 44.2. The maximum atomic E-state index is 14.1. The molecule has 0 unspecified atom stereocenters. The van der Waals surface area contributed by atoms with Crippen molar-refractivity contribution in [2.45, 2.75) is 141 Å². The van der Waals surface area contributed by atoms with Gasteiger partial charge in [-0.3, -0.25) is 0 Å². The second-order valence-corrected chi connectivity index (χ2v) is 27.4. The fourth-order valence-corrected chi connectivity index (χ4v) is 14.8. The number of sulfonamides is 2. The predicted molar refractivity (Wildman–Crippen MR) is 268 cm³/mol. The summed E-state index contributed by atoms with van der Waals surface area (Å²) in [7, 11) is -6.26. The van der Waals surface area contributed by atoms with Crippen molar-refractivity contribution in [3.8, 4) is 34.1 Å². The molecule has 0 aliphatic carbocycles. The molecule has 4 aromatic carbocycles. The van der Waals surface area contributed by atoms with Crippen LogP contribution in [0.5, 0.6) is 23.0 Å². The lowest BCUT2D eigenvalue weighted by Gasteiger charge is -2.30. The zero-order valence-electron chi connectivity index (χ0n) is 40.8. The molecule has 0 spiro atoms. The van der Waals surface area contributed by atoms with Gasteiger partial charge < -0.3 is 18.5 Å². The van der Waals surface area contributed by atoms with E-state index in [0.29, 0.717) is 61.8 Å². The molecule has 0 radical (unpaired) electrons. The minimum atomic E-state index is -3.77. The van der Waals surface area contributed by atoms with Gasteiger partial charge in [-0.05, 0) is 99.2 Å². The molecule has 0 amide bonds. The van der Waals surface area contributed by atoms with Gasteiger partial charge in [0.25, 0.3) is 0 Å². The molecule has 64 heavy (non-hydrogen) atoms. The molecule has 4 aromatic rings. The predicted octanol–water partition coefficient (Wildman–Crippen LogP) is 12.5. The van der Waals surface area contributed by atoms with Gasteiger partial charge in [0.05, 0.1) is 40.3 Å². The van der Waals surface area contributed by atoms with Gasteiger partial charge in [0, 0.05) is 59.9 Å². The van der Waals surface area contributed by atoms with E-state index < -0.39 is 36.3 Å².